The molecule has 1 aliphatic rings. The van der Waals surface area contributed by atoms with E-state index in [1.54, 1.807) is 22.4 Å². The van der Waals surface area contributed by atoms with Crippen molar-refractivity contribution in [1.29, 1.82) is 0 Å². The molecule has 116 valence electrons. The average molecular weight is 340 g/mol. The van der Waals surface area contributed by atoms with Gasteiger partial charge in [0.05, 0.1) is 6.54 Å². The summed E-state index contributed by atoms with van der Waals surface area (Å²) in [4.78, 5) is 18.0. The Morgan fingerprint density at radius 1 is 1.45 bits per heavy atom. The van der Waals surface area contributed by atoms with Gasteiger partial charge in [-0.15, -0.1) is 36.2 Å². The van der Waals surface area contributed by atoms with E-state index in [2.05, 4.69) is 10.3 Å². The number of nitrogens with zero attached hydrogens (tertiary/aromatic N) is 2. The van der Waals surface area contributed by atoms with Crippen molar-refractivity contribution in [3.63, 3.8) is 0 Å². The second-order valence-electron chi connectivity index (χ2n) is 4.91. The maximum Gasteiger partial charge on any atom is 0.222 e. The largest absolute Gasteiger partial charge is 0.339 e. The van der Waals surface area contributed by atoms with Gasteiger partial charge in [0.2, 0.25) is 5.91 Å². The number of hydrogen-bond acceptors (Lipinski definition) is 4. The third-order valence-corrected chi connectivity index (χ3v) is 4.27. The first-order valence-electron chi connectivity index (χ1n) is 6.59. The van der Waals surface area contributed by atoms with Crippen LogP contribution in [-0.2, 0) is 11.3 Å². The lowest BCUT2D eigenvalue weighted by atomic mass is 9.93. The van der Waals surface area contributed by atoms with Crippen LogP contribution in [0, 0.1) is 5.92 Å². The van der Waals surface area contributed by atoms with E-state index in [0.29, 0.717) is 13.0 Å². The molecule has 4 nitrogen and oxygen atoms in total. The van der Waals surface area contributed by atoms with Gasteiger partial charge in [0.25, 0.3) is 0 Å². The third-order valence-electron chi connectivity index (χ3n) is 3.51. The summed E-state index contributed by atoms with van der Waals surface area (Å²) in [5, 5.41) is 6.31. The fourth-order valence-corrected chi connectivity index (χ4v) is 2.98. The summed E-state index contributed by atoms with van der Waals surface area (Å²) in [6.45, 7) is 2.85. The minimum absolute atomic E-state index is 0. The zero-order valence-electron chi connectivity index (χ0n) is 11.7. The van der Waals surface area contributed by atoms with E-state index in [1.165, 1.54) is 12.8 Å². The molecule has 0 unspecified atom stereocenters. The van der Waals surface area contributed by atoms with Gasteiger partial charge in [-0.3, -0.25) is 4.79 Å². The molecule has 1 aliphatic heterocycles. The maximum atomic E-state index is 12.0. The maximum absolute atomic E-state index is 12.0. The normalized spacial score (nSPS) is 15.1. The van der Waals surface area contributed by atoms with Crippen molar-refractivity contribution in [1.82, 2.24) is 15.2 Å². The van der Waals surface area contributed by atoms with E-state index in [4.69, 9.17) is 0 Å². The van der Waals surface area contributed by atoms with E-state index < -0.39 is 0 Å². The van der Waals surface area contributed by atoms with Crippen LogP contribution in [0.3, 0.4) is 0 Å². The molecule has 1 fully saturated rings. The van der Waals surface area contributed by atoms with Gasteiger partial charge in [-0.05, 0) is 38.3 Å². The number of carbonyl (C=O) groups is 1. The first-order chi connectivity index (χ1) is 8.75. The lowest BCUT2D eigenvalue weighted by Crippen LogP contribution is -2.30. The predicted octanol–water partition coefficient (Wildman–Crippen LogP) is 2.72. The van der Waals surface area contributed by atoms with Gasteiger partial charge in [-0.2, -0.15) is 0 Å². The molecule has 1 saturated heterocycles. The summed E-state index contributed by atoms with van der Waals surface area (Å²) in [7, 11) is 1.87. The first kappa shape index (κ1) is 19.6. The number of carbonyl (C=O) groups excluding carboxylic acids is 1. The van der Waals surface area contributed by atoms with Crippen molar-refractivity contribution in [2.24, 2.45) is 5.92 Å². The number of halogens is 2. The van der Waals surface area contributed by atoms with Crippen molar-refractivity contribution in [2.75, 3.05) is 20.1 Å². The molecular weight excluding hydrogens is 317 g/mol. The molecule has 1 N–H and O–H groups in total. The van der Waals surface area contributed by atoms with Gasteiger partial charge in [0, 0.05) is 25.0 Å². The Morgan fingerprint density at radius 3 is 2.75 bits per heavy atom. The number of piperidine rings is 1. The summed E-state index contributed by atoms with van der Waals surface area (Å²) in [6.07, 6.45) is 5.91. The highest BCUT2D eigenvalue weighted by atomic mass is 35.5. The molecule has 0 radical (unpaired) electrons. The Bertz CT molecular complexity index is 370. The van der Waals surface area contributed by atoms with Gasteiger partial charge < -0.3 is 10.2 Å². The highest BCUT2D eigenvalue weighted by Crippen LogP contribution is 2.18. The summed E-state index contributed by atoms with van der Waals surface area (Å²) in [5.74, 6) is 0.965. The van der Waals surface area contributed by atoms with Gasteiger partial charge in [0.15, 0.2) is 0 Å². The first-order valence-corrected chi connectivity index (χ1v) is 7.46. The number of amides is 1. The minimum atomic E-state index is 0. The fraction of sp³-hybridized carbons (Fsp3) is 0.692. The molecule has 0 saturated carbocycles. The van der Waals surface area contributed by atoms with Crippen LogP contribution in [0.5, 0.6) is 0 Å². The third kappa shape index (κ3) is 6.39. The van der Waals surface area contributed by atoms with Crippen LogP contribution in [0.15, 0.2) is 11.6 Å². The molecule has 7 heteroatoms. The molecule has 0 aliphatic carbocycles. The van der Waals surface area contributed by atoms with Crippen molar-refractivity contribution in [3.05, 3.63) is 16.6 Å². The lowest BCUT2D eigenvalue weighted by molar-refractivity contribution is -0.130. The van der Waals surface area contributed by atoms with Crippen molar-refractivity contribution >= 4 is 42.1 Å². The minimum Gasteiger partial charge on any atom is -0.339 e. The Labute approximate surface area is 137 Å². The van der Waals surface area contributed by atoms with E-state index >= 15 is 0 Å². The number of nitrogens with one attached hydrogen (secondary N) is 1. The lowest BCUT2D eigenvalue weighted by Gasteiger charge is -2.23. The second kappa shape index (κ2) is 10.4. The number of hydrogen-bond donors (Lipinski definition) is 1. The quantitative estimate of drug-likeness (QED) is 0.896. The Hall–Kier alpha value is -0.360. The molecule has 0 aromatic carbocycles. The molecule has 1 aromatic heterocycles. The second-order valence-corrected chi connectivity index (χ2v) is 5.89. The Kier molecular flexibility index (Phi) is 10.2. The van der Waals surface area contributed by atoms with Crippen molar-refractivity contribution in [3.8, 4) is 0 Å². The smallest absolute Gasteiger partial charge is 0.222 e. The molecule has 1 aromatic rings. The highest BCUT2D eigenvalue weighted by Gasteiger charge is 2.16. The number of aromatic nitrogens is 1. The Morgan fingerprint density at radius 2 is 2.15 bits per heavy atom. The molecule has 20 heavy (non-hydrogen) atoms. The predicted molar refractivity (Wildman–Crippen MR) is 87.9 cm³/mol. The molecule has 2 rings (SSSR count). The van der Waals surface area contributed by atoms with Crippen molar-refractivity contribution in [2.45, 2.75) is 32.2 Å². The van der Waals surface area contributed by atoms with Crippen LogP contribution < -0.4 is 5.32 Å². The van der Waals surface area contributed by atoms with Crippen LogP contribution in [0.1, 0.15) is 30.7 Å². The van der Waals surface area contributed by atoms with E-state index in [1.807, 2.05) is 12.4 Å². The summed E-state index contributed by atoms with van der Waals surface area (Å²) in [5.41, 5.74) is 0. The SMILES string of the molecule is CN(Cc1nccs1)C(=O)CCC1CCNCC1.Cl.Cl. The number of rotatable bonds is 5. The highest BCUT2D eigenvalue weighted by molar-refractivity contribution is 7.09. The molecule has 0 spiro atoms. The monoisotopic (exact) mass is 339 g/mol. The number of thiazole rings is 1. The van der Waals surface area contributed by atoms with Gasteiger partial charge in [0.1, 0.15) is 5.01 Å². The van der Waals surface area contributed by atoms with E-state index in [9.17, 15) is 4.79 Å². The van der Waals surface area contributed by atoms with Crippen LogP contribution in [0.2, 0.25) is 0 Å². The Balaban J connectivity index is 0.00000180. The molecular formula is C13H23Cl2N3OS. The van der Waals surface area contributed by atoms with Crippen molar-refractivity contribution < 1.29 is 4.79 Å². The van der Waals surface area contributed by atoms with Crippen LogP contribution in [-0.4, -0.2) is 35.9 Å². The average Bonchev–Trinajstić information content (AvgIpc) is 2.90. The zero-order valence-corrected chi connectivity index (χ0v) is 14.2. The topological polar surface area (TPSA) is 45.2 Å². The fourth-order valence-electron chi connectivity index (χ4n) is 2.31. The van der Waals surface area contributed by atoms with Gasteiger partial charge in [-0.25, -0.2) is 4.98 Å². The van der Waals surface area contributed by atoms with E-state index in [0.717, 1.165) is 30.4 Å². The standard InChI is InChI=1S/C13H21N3OS.2ClH/c1-16(10-12-15-8-9-18-12)13(17)3-2-11-4-6-14-7-5-11;;/h8-9,11,14H,2-7,10H2,1H3;2*1H. The summed E-state index contributed by atoms with van der Waals surface area (Å²) < 4.78 is 0. The van der Waals surface area contributed by atoms with Crippen LogP contribution in [0.4, 0.5) is 0 Å². The molecule has 2 heterocycles. The van der Waals surface area contributed by atoms with Crippen LogP contribution >= 0.6 is 36.2 Å². The molecule has 0 bridgehead atoms. The van der Waals surface area contributed by atoms with Gasteiger partial charge >= 0.3 is 0 Å². The summed E-state index contributed by atoms with van der Waals surface area (Å²) in [6, 6.07) is 0. The van der Waals surface area contributed by atoms with E-state index in [-0.39, 0.29) is 30.7 Å². The summed E-state index contributed by atoms with van der Waals surface area (Å²) >= 11 is 1.60. The van der Waals surface area contributed by atoms with Crippen LogP contribution in [0.25, 0.3) is 0 Å². The molecule has 0 atom stereocenters. The molecule has 1 amide bonds. The van der Waals surface area contributed by atoms with Gasteiger partial charge in [-0.1, -0.05) is 0 Å². The zero-order chi connectivity index (χ0) is 12.8.